The van der Waals surface area contributed by atoms with E-state index in [1.807, 2.05) is 31.2 Å². The molecule has 4 nitrogen and oxygen atoms in total. The zero-order valence-corrected chi connectivity index (χ0v) is 11.2. The SMILES string of the molecule is Cc1ccc(NC(=S)NNC(=O)C2=C=CC=C2)cc1. The Kier molecular flexibility index (Phi) is 4.13. The third kappa shape index (κ3) is 3.81. The number of carbonyl (C=O) groups excluding carboxylic acids is 1. The summed E-state index contributed by atoms with van der Waals surface area (Å²) in [6.07, 6.45) is 5.10. The molecule has 0 heterocycles. The topological polar surface area (TPSA) is 53.2 Å². The van der Waals surface area contributed by atoms with Crippen LogP contribution in [-0.4, -0.2) is 11.0 Å². The number of hydrogen-bond donors (Lipinski definition) is 3. The summed E-state index contributed by atoms with van der Waals surface area (Å²) < 4.78 is 0. The van der Waals surface area contributed by atoms with Gasteiger partial charge in [-0.3, -0.25) is 15.6 Å². The van der Waals surface area contributed by atoms with E-state index in [4.69, 9.17) is 12.2 Å². The number of allylic oxidation sites excluding steroid dienone is 1. The summed E-state index contributed by atoms with van der Waals surface area (Å²) in [5.41, 5.74) is 10.4. The lowest BCUT2D eigenvalue weighted by Crippen LogP contribution is -2.44. The minimum absolute atomic E-state index is 0.280. The molecule has 1 aromatic rings. The molecule has 0 aromatic heterocycles. The smallest absolute Gasteiger partial charge is 0.277 e. The van der Waals surface area contributed by atoms with Gasteiger partial charge < -0.3 is 5.32 Å². The lowest BCUT2D eigenvalue weighted by molar-refractivity contribution is -0.117. The van der Waals surface area contributed by atoms with Crippen molar-refractivity contribution in [2.75, 3.05) is 5.32 Å². The number of benzene rings is 1. The second-order valence-electron chi connectivity index (χ2n) is 3.98. The van der Waals surface area contributed by atoms with E-state index in [0.29, 0.717) is 10.7 Å². The van der Waals surface area contributed by atoms with E-state index in [1.54, 1.807) is 18.2 Å². The number of carbonyl (C=O) groups is 1. The first kappa shape index (κ1) is 13.1. The van der Waals surface area contributed by atoms with Crippen molar-refractivity contribution < 1.29 is 4.79 Å². The predicted molar refractivity (Wildman–Crippen MR) is 79.4 cm³/mol. The van der Waals surface area contributed by atoms with E-state index >= 15 is 0 Å². The summed E-state index contributed by atoms with van der Waals surface area (Å²) in [5.74, 6) is -0.280. The van der Waals surface area contributed by atoms with Gasteiger partial charge in [-0.05, 0) is 43.4 Å². The molecule has 96 valence electrons. The van der Waals surface area contributed by atoms with Gasteiger partial charge in [-0.1, -0.05) is 23.8 Å². The highest BCUT2D eigenvalue weighted by Gasteiger charge is 2.07. The number of aryl methyl sites for hydroxylation is 1. The van der Waals surface area contributed by atoms with Crippen LogP contribution in [0.3, 0.4) is 0 Å². The van der Waals surface area contributed by atoms with Gasteiger partial charge in [0, 0.05) is 5.69 Å². The third-order valence-electron chi connectivity index (χ3n) is 2.44. The van der Waals surface area contributed by atoms with Gasteiger partial charge in [-0.15, -0.1) is 5.73 Å². The molecule has 3 N–H and O–H groups in total. The van der Waals surface area contributed by atoms with Gasteiger partial charge in [0.25, 0.3) is 5.91 Å². The molecule has 1 aliphatic rings. The molecule has 1 aromatic carbocycles. The van der Waals surface area contributed by atoms with E-state index in [0.717, 1.165) is 5.69 Å². The molecular weight excluding hydrogens is 258 g/mol. The molecule has 0 unspecified atom stereocenters. The molecule has 0 aliphatic heterocycles. The predicted octanol–water partition coefficient (Wildman–Crippen LogP) is 1.96. The van der Waals surface area contributed by atoms with Crippen LogP contribution in [0.5, 0.6) is 0 Å². The van der Waals surface area contributed by atoms with Crippen LogP contribution in [0.25, 0.3) is 0 Å². The summed E-state index contributed by atoms with van der Waals surface area (Å²) >= 11 is 5.07. The molecule has 19 heavy (non-hydrogen) atoms. The van der Waals surface area contributed by atoms with Crippen LogP contribution in [-0.2, 0) is 4.79 Å². The number of amides is 1. The molecule has 0 atom stereocenters. The number of hydrogen-bond acceptors (Lipinski definition) is 2. The molecule has 0 fully saturated rings. The van der Waals surface area contributed by atoms with Crippen LogP contribution in [0.4, 0.5) is 5.69 Å². The maximum Gasteiger partial charge on any atom is 0.277 e. The van der Waals surface area contributed by atoms with E-state index in [1.165, 1.54) is 5.56 Å². The van der Waals surface area contributed by atoms with Gasteiger partial charge in [-0.25, -0.2) is 0 Å². The Hall–Kier alpha value is -2.36. The highest BCUT2D eigenvalue weighted by Crippen LogP contribution is 2.08. The first-order valence-corrected chi connectivity index (χ1v) is 6.13. The van der Waals surface area contributed by atoms with Gasteiger partial charge in [0.05, 0.1) is 5.57 Å². The third-order valence-corrected chi connectivity index (χ3v) is 2.65. The van der Waals surface area contributed by atoms with Crippen molar-refractivity contribution in [1.29, 1.82) is 0 Å². The number of nitrogens with one attached hydrogen (secondary N) is 3. The zero-order chi connectivity index (χ0) is 13.7. The van der Waals surface area contributed by atoms with Gasteiger partial charge in [0.2, 0.25) is 0 Å². The molecule has 5 heteroatoms. The number of thiocarbonyl (C=S) groups is 1. The fourth-order valence-corrected chi connectivity index (χ4v) is 1.62. The first-order chi connectivity index (χ1) is 9.15. The van der Waals surface area contributed by atoms with Gasteiger partial charge in [0.15, 0.2) is 5.11 Å². The zero-order valence-electron chi connectivity index (χ0n) is 10.4. The molecular formula is C14H13N3OS. The van der Waals surface area contributed by atoms with Crippen molar-refractivity contribution in [1.82, 2.24) is 10.9 Å². The van der Waals surface area contributed by atoms with Crippen molar-refractivity contribution in [3.8, 4) is 0 Å². The van der Waals surface area contributed by atoms with Crippen LogP contribution < -0.4 is 16.2 Å². The van der Waals surface area contributed by atoms with Crippen LogP contribution in [0, 0.1) is 6.92 Å². The quantitative estimate of drug-likeness (QED) is 0.437. The first-order valence-electron chi connectivity index (χ1n) is 5.72. The summed E-state index contributed by atoms with van der Waals surface area (Å²) in [5, 5.41) is 3.29. The van der Waals surface area contributed by atoms with Gasteiger partial charge in [0.1, 0.15) is 0 Å². The number of rotatable bonds is 2. The van der Waals surface area contributed by atoms with Crippen molar-refractivity contribution >= 4 is 28.9 Å². The lowest BCUT2D eigenvalue weighted by atomic mass is 10.2. The fraction of sp³-hybridized carbons (Fsp3) is 0.0714. The molecule has 0 bridgehead atoms. The lowest BCUT2D eigenvalue weighted by Gasteiger charge is -2.11. The monoisotopic (exact) mass is 271 g/mol. The highest BCUT2D eigenvalue weighted by molar-refractivity contribution is 7.80. The molecule has 0 radical (unpaired) electrons. The molecule has 0 saturated heterocycles. The largest absolute Gasteiger partial charge is 0.331 e. The standard InChI is InChI=1S/C14H13N3OS/c1-10-6-8-12(9-7-10)15-14(19)17-16-13(18)11-4-2-3-5-11/h2-4,6-9H,1H3,(H,16,18)(H2,15,17,19). The Labute approximate surface area is 116 Å². The van der Waals surface area contributed by atoms with E-state index in [2.05, 4.69) is 21.9 Å². The molecule has 0 spiro atoms. The summed E-state index contributed by atoms with van der Waals surface area (Å²) in [7, 11) is 0. The number of anilines is 1. The summed E-state index contributed by atoms with van der Waals surface area (Å²) in [4.78, 5) is 11.6. The minimum atomic E-state index is -0.280. The molecule has 1 amide bonds. The van der Waals surface area contributed by atoms with E-state index in [9.17, 15) is 4.79 Å². The Morgan fingerprint density at radius 3 is 2.58 bits per heavy atom. The Bertz CT molecular complexity index is 596. The Morgan fingerprint density at radius 2 is 1.95 bits per heavy atom. The minimum Gasteiger partial charge on any atom is -0.331 e. The summed E-state index contributed by atoms with van der Waals surface area (Å²) in [6, 6.07) is 7.77. The normalized spacial score (nSPS) is 11.9. The second kappa shape index (κ2) is 6.00. The van der Waals surface area contributed by atoms with Crippen molar-refractivity contribution in [3.63, 3.8) is 0 Å². The van der Waals surface area contributed by atoms with Crippen molar-refractivity contribution in [2.45, 2.75) is 6.92 Å². The number of hydrazine groups is 1. The average Bonchev–Trinajstić information content (AvgIpc) is 2.93. The highest BCUT2D eigenvalue weighted by atomic mass is 32.1. The Balaban J connectivity index is 1.82. The van der Waals surface area contributed by atoms with Crippen LogP contribution >= 0.6 is 12.2 Å². The molecule has 1 aliphatic carbocycles. The summed E-state index contributed by atoms with van der Waals surface area (Å²) in [6.45, 7) is 2.01. The van der Waals surface area contributed by atoms with Gasteiger partial charge in [-0.2, -0.15) is 0 Å². The molecule has 0 saturated carbocycles. The Morgan fingerprint density at radius 1 is 1.21 bits per heavy atom. The van der Waals surface area contributed by atoms with Crippen molar-refractivity contribution in [2.24, 2.45) is 0 Å². The van der Waals surface area contributed by atoms with Crippen molar-refractivity contribution in [3.05, 3.63) is 59.4 Å². The van der Waals surface area contributed by atoms with E-state index in [-0.39, 0.29) is 5.91 Å². The van der Waals surface area contributed by atoms with Crippen LogP contribution in [0.1, 0.15) is 5.56 Å². The van der Waals surface area contributed by atoms with Crippen LogP contribution in [0.15, 0.2) is 53.8 Å². The average molecular weight is 271 g/mol. The van der Waals surface area contributed by atoms with Crippen LogP contribution in [0.2, 0.25) is 0 Å². The second-order valence-corrected chi connectivity index (χ2v) is 4.39. The fourth-order valence-electron chi connectivity index (χ4n) is 1.45. The maximum atomic E-state index is 11.6. The molecule has 2 rings (SSSR count). The van der Waals surface area contributed by atoms with E-state index < -0.39 is 0 Å². The maximum absolute atomic E-state index is 11.6. The van der Waals surface area contributed by atoms with Gasteiger partial charge >= 0.3 is 0 Å².